The van der Waals surface area contributed by atoms with Crippen molar-refractivity contribution in [2.45, 2.75) is 114 Å². The normalized spacial score (nSPS) is 23.2. The summed E-state index contributed by atoms with van der Waals surface area (Å²) in [5.74, 6) is 0.149. The summed E-state index contributed by atoms with van der Waals surface area (Å²) in [6.07, 6.45) is 13.7. The van der Waals surface area contributed by atoms with E-state index < -0.39 is 27.6 Å². The summed E-state index contributed by atoms with van der Waals surface area (Å²) in [6, 6.07) is 22.6. The molecule has 0 radical (unpaired) electrons. The Hall–Kier alpha value is -6.82. The molecule has 2 fully saturated rings. The van der Waals surface area contributed by atoms with Crippen molar-refractivity contribution in [3.63, 3.8) is 0 Å². The molecule has 0 bridgehead atoms. The van der Waals surface area contributed by atoms with Gasteiger partial charge < -0.3 is 43.6 Å². The number of nitro groups is 2. The number of carbonyl (C=O) groups is 1. The first kappa shape index (κ1) is 51.1. The number of carbonyl (C=O) groups excluding carboxylic acids is 1. The molecule has 17 heteroatoms. The van der Waals surface area contributed by atoms with Crippen LogP contribution in [0.3, 0.4) is 0 Å². The lowest BCUT2D eigenvalue weighted by atomic mass is 9.55. The van der Waals surface area contributed by atoms with Crippen molar-refractivity contribution in [1.29, 1.82) is 0 Å². The number of rotatable bonds is 24. The zero-order chi connectivity index (χ0) is 50.9. The Bertz CT molecular complexity index is 2690. The summed E-state index contributed by atoms with van der Waals surface area (Å²) < 4.78 is 32.6. The highest BCUT2D eigenvalue weighted by Gasteiger charge is 2.65. The fraction of sp³-hybridized carbons (Fsp3) is 0.464. The van der Waals surface area contributed by atoms with Gasteiger partial charge in [0.05, 0.1) is 34.1 Å². The minimum Gasteiger partial charge on any atom is -0.459 e. The number of aliphatic hydroxyl groups is 2. The zero-order valence-electron chi connectivity index (χ0n) is 41.0. The van der Waals surface area contributed by atoms with Gasteiger partial charge in [0.15, 0.2) is 11.5 Å². The second-order valence-corrected chi connectivity index (χ2v) is 19.7. The molecule has 17 nitrogen and oxygen atoms in total. The largest absolute Gasteiger partial charge is 0.459 e. The van der Waals surface area contributed by atoms with Gasteiger partial charge in [-0.2, -0.15) is 0 Å². The molecular formula is C56H64N4O13. The Morgan fingerprint density at radius 1 is 0.836 bits per heavy atom. The molecule has 0 unspecified atom stereocenters. The Morgan fingerprint density at radius 3 is 2.32 bits per heavy atom. The lowest BCUT2D eigenvalue weighted by molar-refractivity contribution is -0.385. The topological polar surface area (TPSA) is 215 Å². The van der Waals surface area contributed by atoms with Crippen LogP contribution in [0.25, 0.3) is 0 Å². The van der Waals surface area contributed by atoms with E-state index in [1.165, 1.54) is 24.3 Å². The predicted molar refractivity (Wildman–Crippen MR) is 270 cm³/mol. The van der Waals surface area contributed by atoms with E-state index >= 15 is 4.79 Å². The van der Waals surface area contributed by atoms with Gasteiger partial charge >= 0.3 is 0 Å². The van der Waals surface area contributed by atoms with Crippen LogP contribution >= 0.6 is 0 Å². The molecule has 2 heterocycles. The van der Waals surface area contributed by atoms with Crippen LogP contribution in [0.15, 0.2) is 114 Å². The number of allylic oxidation sites excluding steroid dienone is 1. The van der Waals surface area contributed by atoms with Crippen molar-refractivity contribution in [1.82, 2.24) is 4.90 Å². The number of oxime groups is 1. The Balaban J connectivity index is 1.22. The summed E-state index contributed by atoms with van der Waals surface area (Å²) in [6.45, 7) is 4.48. The van der Waals surface area contributed by atoms with Crippen molar-refractivity contribution in [2.24, 2.45) is 28.8 Å². The number of benzene rings is 4. The van der Waals surface area contributed by atoms with Gasteiger partial charge in [-0.25, -0.2) is 0 Å². The van der Waals surface area contributed by atoms with E-state index in [4.69, 9.17) is 33.7 Å². The molecule has 1 amide bonds. The van der Waals surface area contributed by atoms with Gasteiger partial charge in [0.2, 0.25) is 18.5 Å². The molecular weight excluding hydrogens is 937 g/mol. The first-order chi connectivity index (χ1) is 35.6. The van der Waals surface area contributed by atoms with Crippen LogP contribution in [-0.2, 0) is 27.5 Å². The summed E-state index contributed by atoms with van der Waals surface area (Å²) in [7, 11) is 0. The van der Waals surface area contributed by atoms with Crippen molar-refractivity contribution in [2.75, 3.05) is 26.6 Å². The number of nitro benzene ring substituents is 2. The number of unbranched alkanes of at least 4 members (excludes halogenated alkanes) is 2. The third-order valence-corrected chi connectivity index (χ3v) is 15.2. The number of hydrogen-bond donors (Lipinski definition) is 2. The standard InChI is InChI=1S/C56H64N4O13/c1-2-28-70-56-52(58(53(63)25-19-37-10-3-4-11-37)34-39-18-23-50-51(29-39)69-36-68-50)33-48(57-71-35-38-16-20-41(21-17-38)59(64)65)46-30-40(12-5-7-26-61)45(15-6-8-27-62)54(55(46)56)47-32-44(22-24-49(47)73-56)72-43-14-9-13-42(31-43)60(66)67/h2,9,13-14,16-18,20-24,29-32,37,40,45,52,54-55,61-62H,1,3-8,10-12,15,19,25-28,33-36H2/t40-,45+,52-,54+,55+,56+/m0/s1. The number of fused-ring (bicyclic) bond motifs is 3. The molecule has 0 aromatic heterocycles. The first-order valence-corrected chi connectivity index (χ1v) is 25.6. The minimum atomic E-state index is -1.54. The van der Waals surface area contributed by atoms with Crippen LogP contribution in [0.5, 0.6) is 28.7 Å². The Kier molecular flexibility index (Phi) is 16.4. The number of non-ortho nitro benzene ring substituents is 2. The highest BCUT2D eigenvalue weighted by Crippen LogP contribution is 2.62. The maximum atomic E-state index is 15.4. The average Bonchev–Trinajstić information content (AvgIpc) is 4.11. The molecule has 4 aromatic rings. The molecule has 9 rings (SSSR count). The quantitative estimate of drug-likeness (QED) is 0.0290. The number of amides is 1. The van der Waals surface area contributed by atoms with E-state index in [1.54, 1.807) is 36.4 Å². The van der Waals surface area contributed by atoms with E-state index in [2.05, 4.69) is 12.7 Å². The van der Waals surface area contributed by atoms with Crippen LogP contribution in [0.1, 0.15) is 106 Å². The van der Waals surface area contributed by atoms with Crippen LogP contribution in [0.2, 0.25) is 0 Å². The molecule has 2 saturated carbocycles. The van der Waals surface area contributed by atoms with Crippen molar-refractivity contribution < 1.29 is 53.4 Å². The number of hydrogen-bond acceptors (Lipinski definition) is 14. The second-order valence-electron chi connectivity index (χ2n) is 19.7. The summed E-state index contributed by atoms with van der Waals surface area (Å²) in [5.41, 5.74) is 3.57. The zero-order valence-corrected chi connectivity index (χ0v) is 41.0. The lowest BCUT2D eigenvalue weighted by Gasteiger charge is -2.60. The molecule has 4 aromatic carbocycles. The molecule has 73 heavy (non-hydrogen) atoms. The first-order valence-electron chi connectivity index (χ1n) is 25.6. The number of ether oxygens (including phenoxy) is 5. The monoisotopic (exact) mass is 1000 g/mol. The maximum absolute atomic E-state index is 15.4. The van der Waals surface area contributed by atoms with Gasteiger partial charge in [-0.1, -0.05) is 68.0 Å². The smallest absolute Gasteiger partial charge is 0.273 e. The van der Waals surface area contributed by atoms with Crippen molar-refractivity contribution in [3.8, 4) is 28.7 Å². The summed E-state index contributed by atoms with van der Waals surface area (Å²) in [4.78, 5) is 45.9. The van der Waals surface area contributed by atoms with E-state index in [-0.39, 0.29) is 87.0 Å². The summed E-state index contributed by atoms with van der Waals surface area (Å²) >= 11 is 0. The highest BCUT2D eigenvalue weighted by atomic mass is 16.7. The number of aliphatic hydroxyl groups excluding tert-OH is 2. The molecule has 386 valence electrons. The van der Waals surface area contributed by atoms with E-state index in [1.807, 2.05) is 35.2 Å². The van der Waals surface area contributed by atoms with Crippen molar-refractivity contribution >= 4 is 23.0 Å². The minimum absolute atomic E-state index is 0.00820. The molecule has 0 spiro atoms. The van der Waals surface area contributed by atoms with Gasteiger partial charge in [0, 0.05) is 62.3 Å². The van der Waals surface area contributed by atoms with Gasteiger partial charge in [0.25, 0.3) is 11.4 Å². The number of nitrogens with zero attached hydrogens (tertiary/aromatic N) is 4. The second kappa shape index (κ2) is 23.4. The van der Waals surface area contributed by atoms with Crippen LogP contribution in [0.4, 0.5) is 11.4 Å². The molecule has 2 aliphatic heterocycles. The highest BCUT2D eigenvalue weighted by molar-refractivity contribution is 6.03. The maximum Gasteiger partial charge on any atom is 0.273 e. The molecule has 2 N–H and O–H groups in total. The molecule has 5 aliphatic rings. The van der Waals surface area contributed by atoms with Crippen molar-refractivity contribution in [3.05, 3.63) is 146 Å². The molecule has 3 aliphatic carbocycles. The third-order valence-electron chi connectivity index (χ3n) is 15.2. The lowest BCUT2D eigenvalue weighted by Crippen LogP contribution is -2.70. The van der Waals surface area contributed by atoms with E-state index in [0.29, 0.717) is 72.3 Å². The fourth-order valence-corrected chi connectivity index (χ4v) is 11.8. The average molecular weight is 1000 g/mol. The Morgan fingerprint density at radius 2 is 1.56 bits per heavy atom. The molecule has 6 atom stereocenters. The van der Waals surface area contributed by atoms with Gasteiger partial charge in [-0.15, -0.1) is 6.58 Å². The van der Waals surface area contributed by atoms with E-state index in [0.717, 1.165) is 61.6 Å². The van der Waals surface area contributed by atoms with Crippen LogP contribution < -0.4 is 18.9 Å². The Labute approximate surface area is 424 Å². The summed E-state index contributed by atoms with van der Waals surface area (Å²) in [5, 5.41) is 48.4. The van der Waals surface area contributed by atoms with Crippen LogP contribution in [0, 0.1) is 43.9 Å². The van der Waals surface area contributed by atoms with Gasteiger partial charge in [0.1, 0.15) is 29.9 Å². The van der Waals surface area contributed by atoms with Crippen LogP contribution in [-0.4, -0.2) is 75.0 Å². The fourth-order valence-electron chi connectivity index (χ4n) is 11.8. The van der Waals surface area contributed by atoms with Gasteiger partial charge in [-0.05, 0) is 115 Å². The van der Waals surface area contributed by atoms with Gasteiger partial charge in [-0.3, -0.25) is 25.0 Å². The predicted octanol–water partition coefficient (Wildman–Crippen LogP) is 10.9. The molecule has 0 saturated heterocycles. The third kappa shape index (κ3) is 11.4. The SMILES string of the molecule is C=CCO[C@@]12Oc3ccc(Oc4cccc([N+](=O)[O-])c4)cc3[C@H]3[C@H](CCCCO)[C@@H](CCCCO)C=C(C(=NOCc4ccc([N+](=O)[O-])cc4)C[C@@H]1N(Cc1ccc4c(c1)OCO4)C(=O)CCC1CCCC1)[C@H]32. The van der Waals surface area contributed by atoms with E-state index in [9.17, 15) is 30.4 Å².